The van der Waals surface area contributed by atoms with E-state index < -0.39 is 0 Å². The highest BCUT2D eigenvalue weighted by atomic mass is 127. The predicted molar refractivity (Wildman–Crippen MR) is 61.5 cm³/mol. The minimum absolute atomic E-state index is 0.534. The van der Waals surface area contributed by atoms with E-state index in [4.69, 9.17) is 16.9 Å². The molecule has 12 heavy (non-hydrogen) atoms. The molecule has 0 unspecified atom stereocenters. The fraction of sp³-hybridized carbons (Fsp3) is 0.125. The third-order valence-corrected chi connectivity index (χ3v) is 3.44. The third-order valence-electron chi connectivity index (χ3n) is 1.44. The van der Waals surface area contributed by atoms with Gasteiger partial charge in [-0.3, -0.25) is 0 Å². The molecule has 0 amide bonds. The number of halogens is 3. The minimum Gasteiger partial charge on any atom is -0.192 e. The second-order valence-electron chi connectivity index (χ2n) is 2.13. The molecule has 0 aliphatic rings. The molecule has 0 radical (unpaired) electrons. The van der Waals surface area contributed by atoms with Crippen molar-refractivity contribution in [2.75, 3.05) is 0 Å². The molecule has 1 rings (SSSR count). The van der Waals surface area contributed by atoms with Crippen LogP contribution in [0.2, 0.25) is 5.02 Å². The van der Waals surface area contributed by atoms with Crippen molar-refractivity contribution >= 4 is 50.1 Å². The molecular formula is C8H4BrClIN. The van der Waals surface area contributed by atoms with E-state index in [1.165, 1.54) is 0 Å². The van der Waals surface area contributed by atoms with E-state index in [1.54, 1.807) is 6.07 Å². The topological polar surface area (TPSA) is 23.8 Å². The van der Waals surface area contributed by atoms with Gasteiger partial charge >= 0.3 is 0 Å². The lowest BCUT2D eigenvalue weighted by Gasteiger charge is -2.03. The van der Waals surface area contributed by atoms with Gasteiger partial charge in [0.25, 0.3) is 0 Å². The van der Waals surface area contributed by atoms with Crippen LogP contribution in [-0.4, -0.2) is 0 Å². The Kier molecular flexibility index (Phi) is 3.81. The van der Waals surface area contributed by atoms with Crippen molar-refractivity contribution in [3.63, 3.8) is 0 Å². The fourth-order valence-electron chi connectivity index (χ4n) is 0.806. The van der Waals surface area contributed by atoms with Crippen molar-refractivity contribution < 1.29 is 0 Å². The van der Waals surface area contributed by atoms with Gasteiger partial charge in [0, 0.05) is 8.90 Å². The maximum atomic E-state index is 8.68. The molecule has 0 N–H and O–H groups in total. The standard InChI is InChI=1S/C8H4BrClIN/c9-3-6-7(11)2-1-5(4-12)8(6)10/h1-2H,3H2. The second kappa shape index (κ2) is 4.45. The molecular weight excluding hydrogens is 352 g/mol. The van der Waals surface area contributed by atoms with Gasteiger partial charge in [-0.15, -0.1) is 0 Å². The molecule has 4 heteroatoms. The number of alkyl halides is 1. The van der Waals surface area contributed by atoms with Crippen molar-refractivity contribution in [1.29, 1.82) is 5.26 Å². The molecule has 62 valence electrons. The lowest BCUT2D eigenvalue weighted by Crippen LogP contribution is -1.89. The number of nitriles is 1. The number of hydrogen-bond donors (Lipinski definition) is 0. The largest absolute Gasteiger partial charge is 0.192 e. The molecule has 1 aromatic carbocycles. The monoisotopic (exact) mass is 355 g/mol. The van der Waals surface area contributed by atoms with Gasteiger partial charge in [-0.05, 0) is 40.3 Å². The first-order valence-corrected chi connectivity index (χ1v) is 5.71. The Morgan fingerprint density at radius 1 is 1.58 bits per heavy atom. The van der Waals surface area contributed by atoms with Crippen LogP contribution in [-0.2, 0) is 5.33 Å². The van der Waals surface area contributed by atoms with E-state index in [-0.39, 0.29) is 0 Å². The summed E-state index contributed by atoms with van der Waals surface area (Å²) in [6.07, 6.45) is 0. The lowest BCUT2D eigenvalue weighted by molar-refractivity contribution is 1.37. The highest BCUT2D eigenvalue weighted by molar-refractivity contribution is 14.1. The van der Waals surface area contributed by atoms with Crippen molar-refractivity contribution in [2.24, 2.45) is 0 Å². The van der Waals surface area contributed by atoms with Crippen LogP contribution in [0.3, 0.4) is 0 Å². The molecule has 0 aliphatic carbocycles. The van der Waals surface area contributed by atoms with Crippen molar-refractivity contribution in [1.82, 2.24) is 0 Å². The molecule has 0 bridgehead atoms. The number of benzene rings is 1. The van der Waals surface area contributed by atoms with Crippen LogP contribution in [0, 0.1) is 14.9 Å². The second-order valence-corrected chi connectivity index (χ2v) is 4.23. The number of hydrogen-bond acceptors (Lipinski definition) is 1. The normalized spacial score (nSPS) is 9.50. The summed E-state index contributed by atoms with van der Waals surface area (Å²) in [4.78, 5) is 0. The van der Waals surface area contributed by atoms with Crippen molar-refractivity contribution in [3.8, 4) is 6.07 Å². The summed E-state index contributed by atoms with van der Waals surface area (Å²) in [6.45, 7) is 0. The quantitative estimate of drug-likeness (QED) is 0.556. The molecule has 0 spiro atoms. The molecule has 0 saturated heterocycles. The SMILES string of the molecule is N#Cc1ccc(I)c(CBr)c1Cl. The van der Waals surface area contributed by atoms with Crippen LogP contribution in [0.5, 0.6) is 0 Å². The van der Waals surface area contributed by atoms with E-state index in [1.807, 2.05) is 12.1 Å². The first kappa shape index (κ1) is 10.3. The Morgan fingerprint density at radius 3 is 2.75 bits per heavy atom. The van der Waals surface area contributed by atoms with Gasteiger partial charge in [-0.25, -0.2) is 0 Å². The lowest BCUT2D eigenvalue weighted by atomic mass is 10.1. The van der Waals surface area contributed by atoms with Gasteiger partial charge in [-0.1, -0.05) is 27.5 Å². The van der Waals surface area contributed by atoms with Gasteiger partial charge < -0.3 is 0 Å². The first-order valence-electron chi connectivity index (χ1n) is 3.13. The zero-order valence-electron chi connectivity index (χ0n) is 5.94. The first-order chi connectivity index (χ1) is 5.70. The summed E-state index contributed by atoms with van der Waals surface area (Å²) >= 11 is 11.5. The fourth-order valence-corrected chi connectivity index (χ4v) is 3.15. The van der Waals surface area contributed by atoms with Gasteiger partial charge in [-0.2, -0.15) is 5.26 Å². The Labute approximate surface area is 98.0 Å². The van der Waals surface area contributed by atoms with Crippen LogP contribution in [0.25, 0.3) is 0 Å². The van der Waals surface area contributed by atoms with E-state index in [0.717, 1.165) is 9.13 Å². The van der Waals surface area contributed by atoms with Gasteiger partial charge in [0.15, 0.2) is 0 Å². The minimum atomic E-state index is 0.534. The summed E-state index contributed by atoms with van der Waals surface area (Å²) in [6, 6.07) is 5.66. The molecule has 0 aromatic heterocycles. The average molecular weight is 356 g/mol. The highest BCUT2D eigenvalue weighted by Crippen LogP contribution is 2.27. The predicted octanol–water partition coefficient (Wildman–Crippen LogP) is 3.71. The van der Waals surface area contributed by atoms with E-state index in [0.29, 0.717) is 15.9 Å². The molecule has 1 nitrogen and oxygen atoms in total. The summed E-state index contributed by atoms with van der Waals surface area (Å²) < 4.78 is 1.08. The van der Waals surface area contributed by atoms with E-state index >= 15 is 0 Å². The van der Waals surface area contributed by atoms with Crippen LogP contribution in [0.4, 0.5) is 0 Å². The van der Waals surface area contributed by atoms with Crippen molar-refractivity contribution in [2.45, 2.75) is 5.33 Å². The number of rotatable bonds is 1. The smallest absolute Gasteiger partial charge is 0.101 e. The maximum Gasteiger partial charge on any atom is 0.101 e. The van der Waals surface area contributed by atoms with E-state index in [9.17, 15) is 0 Å². The summed E-state index contributed by atoms with van der Waals surface area (Å²) in [5, 5.41) is 9.91. The van der Waals surface area contributed by atoms with Crippen molar-refractivity contribution in [3.05, 3.63) is 31.9 Å². The Hall–Kier alpha value is 0.210. The maximum absolute atomic E-state index is 8.68. The van der Waals surface area contributed by atoms with Gasteiger partial charge in [0.2, 0.25) is 0 Å². The van der Waals surface area contributed by atoms with Gasteiger partial charge in [0.1, 0.15) is 6.07 Å². The molecule has 0 fully saturated rings. The van der Waals surface area contributed by atoms with Crippen LogP contribution in [0.15, 0.2) is 12.1 Å². The molecule has 0 atom stereocenters. The highest BCUT2D eigenvalue weighted by Gasteiger charge is 2.07. The van der Waals surface area contributed by atoms with Crippen LogP contribution in [0.1, 0.15) is 11.1 Å². The van der Waals surface area contributed by atoms with E-state index in [2.05, 4.69) is 38.5 Å². The Morgan fingerprint density at radius 2 is 2.25 bits per heavy atom. The summed E-state index contributed by atoms with van der Waals surface area (Å²) in [7, 11) is 0. The molecule has 1 aromatic rings. The molecule has 0 aliphatic heterocycles. The Balaban J connectivity index is 3.36. The Bertz CT molecular complexity index is 346. The average Bonchev–Trinajstić information content (AvgIpc) is 2.06. The summed E-state index contributed by atoms with van der Waals surface area (Å²) in [5.74, 6) is 0. The zero-order valence-corrected chi connectivity index (χ0v) is 10.4. The van der Waals surface area contributed by atoms with Crippen LogP contribution < -0.4 is 0 Å². The molecule has 0 saturated carbocycles. The summed E-state index contributed by atoms with van der Waals surface area (Å²) in [5.41, 5.74) is 1.52. The third kappa shape index (κ3) is 1.93. The zero-order chi connectivity index (χ0) is 9.14. The number of nitrogens with zero attached hydrogens (tertiary/aromatic N) is 1. The van der Waals surface area contributed by atoms with Gasteiger partial charge in [0.05, 0.1) is 10.6 Å². The van der Waals surface area contributed by atoms with Crippen LogP contribution >= 0.6 is 50.1 Å². The molecule has 0 heterocycles.